The molecular formula is C22H18F4N4S. The first-order valence-corrected chi connectivity index (χ1v) is 10.3. The molecule has 0 fully saturated rings. The van der Waals surface area contributed by atoms with Crippen molar-refractivity contribution in [3.8, 4) is 5.13 Å². The molecule has 2 aromatic heterocycles. The smallest absolute Gasteiger partial charge is 0.358 e. The zero-order valence-corrected chi connectivity index (χ0v) is 17.3. The van der Waals surface area contributed by atoms with Gasteiger partial charge in [-0.05, 0) is 36.8 Å². The van der Waals surface area contributed by atoms with Crippen LogP contribution >= 0.6 is 11.3 Å². The van der Waals surface area contributed by atoms with Crippen molar-refractivity contribution in [2.45, 2.75) is 19.6 Å². The van der Waals surface area contributed by atoms with Gasteiger partial charge in [0.15, 0.2) is 0 Å². The van der Waals surface area contributed by atoms with Gasteiger partial charge in [0.05, 0.1) is 16.4 Å². The van der Waals surface area contributed by atoms with Crippen molar-refractivity contribution in [2.24, 2.45) is 0 Å². The highest BCUT2D eigenvalue weighted by atomic mass is 32.1. The minimum absolute atomic E-state index is 0.0940. The fourth-order valence-corrected chi connectivity index (χ4v) is 4.25. The number of alkyl halides is 3. The molecule has 0 aliphatic heterocycles. The molecule has 0 aliphatic rings. The van der Waals surface area contributed by atoms with E-state index in [4.69, 9.17) is 0 Å². The average molecular weight is 446 g/mol. The Labute approximate surface area is 180 Å². The molecule has 2 aromatic carbocycles. The van der Waals surface area contributed by atoms with Gasteiger partial charge in [-0.25, -0.2) is 14.1 Å². The summed E-state index contributed by atoms with van der Waals surface area (Å²) in [6, 6.07) is 13.2. The lowest BCUT2D eigenvalue weighted by atomic mass is 10.1. The minimum Gasteiger partial charge on any atom is -0.358 e. The largest absolute Gasteiger partial charge is 0.405 e. The second-order valence-corrected chi connectivity index (χ2v) is 7.92. The van der Waals surface area contributed by atoms with Gasteiger partial charge in [-0.15, -0.1) is 0 Å². The van der Waals surface area contributed by atoms with Gasteiger partial charge in [0.1, 0.15) is 12.4 Å². The van der Waals surface area contributed by atoms with Crippen LogP contribution in [-0.4, -0.2) is 32.4 Å². The van der Waals surface area contributed by atoms with Gasteiger partial charge in [-0.2, -0.15) is 18.3 Å². The van der Waals surface area contributed by atoms with Gasteiger partial charge in [0.2, 0.25) is 5.13 Å². The maximum atomic E-state index is 13.6. The second kappa shape index (κ2) is 8.50. The van der Waals surface area contributed by atoms with E-state index >= 15 is 0 Å². The molecular weight excluding hydrogens is 428 g/mol. The van der Waals surface area contributed by atoms with Crippen molar-refractivity contribution in [1.29, 1.82) is 0 Å². The predicted octanol–water partition coefficient (Wildman–Crippen LogP) is 6.05. The van der Waals surface area contributed by atoms with Gasteiger partial charge in [-0.1, -0.05) is 41.7 Å². The van der Waals surface area contributed by atoms with E-state index in [1.54, 1.807) is 29.9 Å². The quantitative estimate of drug-likeness (QED) is 0.338. The second-order valence-electron chi connectivity index (χ2n) is 6.91. The number of allylic oxidation sites excluding steroid dienone is 1. The van der Waals surface area contributed by atoms with Gasteiger partial charge in [0.25, 0.3) is 0 Å². The molecule has 0 saturated heterocycles. The van der Waals surface area contributed by atoms with Gasteiger partial charge in [-0.3, -0.25) is 0 Å². The zero-order valence-electron chi connectivity index (χ0n) is 16.5. The predicted molar refractivity (Wildman–Crippen MR) is 113 cm³/mol. The summed E-state index contributed by atoms with van der Waals surface area (Å²) in [7, 11) is 0. The number of thiazole rings is 1. The number of rotatable bonds is 6. The fourth-order valence-electron chi connectivity index (χ4n) is 3.35. The molecule has 2 heterocycles. The van der Waals surface area contributed by atoms with Crippen molar-refractivity contribution >= 4 is 27.3 Å². The monoisotopic (exact) mass is 446 g/mol. The molecule has 0 atom stereocenters. The Kier molecular flexibility index (Phi) is 5.77. The summed E-state index contributed by atoms with van der Waals surface area (Å²) in [5.41, 5.74) is 2.15. The van der Waals surface area contributed by atoms with Crippen LogP contribution in [-0.2, 0) is 6.54 Å². The molecule has 4 nitrogen and oxygen atoms in total. The Bertz CT molecular complexity index is 1190. The molecule has 0 spiro atoms. The number of benzene rings is 2. The number of nitrogens with zero attached hydrogens (tertiary/aromatic N) is 4. The van der Waals surface area contributed by atoms with Gasteiger partial charge >= 0.3 is 6.18 Å². The molecule has 9 heteroatoms. The lowest BCUT2D eigenvalue weighted by molar-refractivity contribution is -0.139. The summed E-state index contributed by atoms with van der Waals surface area (Å²) in [6.07, 6.45) is 0.341. The Balaban J connectivity index is 1.66. The van der Waals surface area contributed by atoms with Crippen LogP contribution < -0.4 is 0 Å². The lowest BCUT2D eigenvalue weighted by Gasteiger charge is -2.28. The van der Waals surface area contributed by atoms with E-state index in [2.05, 4.69) is 10.1 Å². The van der Waals surface area contributed by atoms with Crippen molar-refractivity contribution in [1.82, 2.24) is 19.7 Å². The Morgan fingerprint density at radius 3 is 2.68 bits per heavy atom. The van der Waals surface area contributed by atoms with Crippen LogP contribution in [0.3, 0.4) is 0 Å². The summed E-state index contributed by atoms with van der Waals surface area (Å²) in [4.78, 5) is 5.70. The highest BCUT2D eigenvalue weighted by Crippen LogP contribution is 2.29. The number of para-hydroxylation sites is 1. The summed E-state index contributed by atoms with van der Waals surface area (Å²) < 4.78 is 56.1. The summed E-state index contributed by atoms with van der Waals surface area (Å²) in [6.45, 7) is 0.401. The number of hydrogen-bond acceptors (Lipinski definition) is 4. The van der Waals surface area contributed by atoms with Crippen molar-refractivity contribution < 1.29 is 17.6 Å². The van der Waals surface area contributed by atoms with E-state index in [9.17, 15) is 17.6 Å². The van der Waals surface area contributed by atoms with E-state index in [0.717, 1.165) is 10.2 Å². The van der Waals surface area contributed by atoms with Gasteiger partial charge < -0.3 is 4.90 Å². The van der Waals surface area contributed by atoms with E-state index in [-0.39, 0.29) is 6.54 Å². The summed E-state index contributed by atoms with van der Waals surface area (Å²) in [5, 5.41) is 4.93. The first-order chi connectivity index (χ1) is 14.8. The highest BCUT2D eigenvalue weighted by molar-refractivity contribution is 7.20. The van der Waals surface area contributed by atoms with E-state index in [0.29, 0.717) is 22.0 Å². The number of fused-ring (bicyclic) bond motifs is 1. The standard InChI is InChI=1S/C22H18F4N4S/c1-2-19(29(14-22(24,25)26)12-15-6-5-7-17(23)10-15)16-11-27-30(13-16)21-28-18-8-3-4-9-20(18)31-21/h2-11,13H,12,14H2,1H3/b19-2+. The number of hydrogen-bond donors (Lipinski definition) is 0. The van der Waals surface area contributed by atoms with E-state index < -0.39 is 18.5 Å². The molecule has 31 heavy (non-hydrogen) atoms. The zero-order chi connectivity index (χ0) is 22.0. The van der Waals surface area contributed by atoms with Crippen LogP contribution in [0.5, 0.6) is 0 Å². The molecule has 0 saturated carbocycles. The third-order valence-corrected chi connectivity index (χ3v) is 5.63. The topological polar surface area (TPSA) is 34.0 Å². The summed E-state index contributed by atoms with van der Waals surface area (Å²) >= 11 is 1.44. The van der Waals surface area contributed by atoms with Crippen LogP contribution in [0.2, 0.25) is 0 Å². The molecule has 0 unspecified atom stereocenters. The van der Waals surface area contributed by atoms with Crippen LogP contribution in [0, 0.1) is 5.82 Å². The van der Waals surface area contributed by atoms with Crippen LogP contribution in [0.25, 0.3) is 21.0 Å². The average Bonchev–Trinajstić information content (AvgIpc) is 3.34. The third kappa shape index (κ3) is 4.93. The van der Waals surface area contributed by atoms with E-state index in [1.165, 1.54) is 40.6 Å². The van der Waals surface area contributed by atoms with E-state index in [1.807, 2.05) is 24.3 Å². The maximum absolute atomic E-state index is 13.6. The molecule has 4 rings (SSSR count). The van der Waals surface area contributed by atoms with Crippen LogP contribution in [0.4, 0.5) is 17.6 Å². The van der Waals surface area contributed by atoms with Crippen LogP contribution in [0.1, 0.15) is 18.1 Å². The molecule has 0 N–H and O–H groups in total. The Hall–Kier alpha value is -3.20. The molecule has 0 aliphatic carbocycles. The number of halogens is 4. The maximum Gasteiger partial charge on any atom is 0.405 e. The first kappa shape index (κ1) is 21.0. The SMILES string of the molecule is C/C=C(\c1cnn(-c2nc3ccccc3s2)c1)N(Cc1cccc(F)c1)CC(F)(F)F. The molecule has 4 aromatic rings. The Morgan fingerprint density at radius 1 is 1.16 bits per heavy atom. The fraction of sp³-hybridized carbons (Fsp3) is 0.182. The van der Waals surface area contributed by atoms with Crippen molar-refractivity contribution in [3.05, 3.63) is 83.9 Å². The van der Waals surface area contributed by atoms with Crippen LogP contribution in [0.15, 0.2) is 67.0 Å². The van der Waals surface area contributed by atoms with Crippen molar-refractivity contribution in [2.75, 3.05) is 6.54 Å². The number of aromatic nitrogens is 3. The Morgan fingerprint density at radius 2 is 1.97 bits per heavy atom. The molecule has 160 valence electrons. The minimum atomic E-state index is -4.43. The normalized spacial score (nSPS) is 12.5. The molecule has 0 bridgehead atoms. The van der Waals surface area contributed by atoms with Gasteiger partial charge in [0, 0.05) is 24.0 Å². The summed E-state index contributed by atoms with van der Waals surface area (Å²) in [5.74, 6) is -0.491. The molecule has 0 radical (unpaired) electrons. The third-order valence-electron chi connectivity index (χ3n) is 4.60. The molecule has 0 amide bonds. The van der Waals surface area contributed by atoms with Crippen molar-refractivity contribution in [3.63, 3.8) is 0 Å². The highest BCUT2D eigenvalue weighted by Gasteiger charge is 2.32. The first-order valence-electron chi connectivity index (χ1n) is 9.46. The lowest BCUT2D eigenvalue weighted by Crippen LogP contribution is -2.32.